The zero-order valence-corrected chi connectivity index (χ0v) is 18.2. The summed E-state index contributed by atoms with van der Waals surface area (Å²) in [5.41, 5.74) is 0.325. The normalized spacial score (nSPS) is 16.6. The van der Waals surface area contributed by atoms with Gasteiger partial charge in [-0.3, -0.25) is 10.1 Å². The van der Waals surface area contributed by atoms with E-state index in [1.165, 1.54) is 23.5 Å². The van der Waals surface area contributed by atoms with Gasteiger partial charge in [-0.05, 0) is 50.1 Å². The van der Waals surface area contributed by atoms with Crippen LogP contribution in [0.4, 0.5) is 5.69 Å². The van der Waals surface area contributed by atoms with Gasteiger partial charge in [0.25, 0.3) is 0 Å². The maximum absolute atomic E-state index is 13.1. The molecule has 1 aromatic carbocycles. The van der Waals surface area contributed by atoms with Crippen molar-refractivity contribution < 1.29 is 22.4 Å². The van der Waals surface area contributed by atoms with Crippen LogP contribution in [-0.2, 0) is 14.8 Å². The molecule has 2 heterocycles. The number of rotatable bonds is 8. The lowest BCUT2D eigenvalue weighted by atomic mass is 10.2. The lowest BCUT2D eigenvalue weighted by Gasteiger charge is -2.21. The predicted molar refractivity (Wildman–Crippen MR) is 114 cm³/mol. The van der Waals surface area contributed by atoms with Crippen LogP contribution in [0.25, 0.3) is 0 Å². The lowest BCUT2D eigenvalue weighted by molar-refractivity contribution is -0.115. The summed E-state index contributed by atoms with van der Waals surface area (Å²) in [6.07, 6.45) is 5.38. The molecule has 1 atom stereocenters. The van der Waals surface area contributed by atoms with Crippen molar-refractivity contribution in [3.63, 3.8) is 0 Å². The first-order chi connectivity index (χ1) is 14.4. The van der Waals surface area contributed by atoms with Gasteiger partial charge in [0, 0.05) is 13.1 Å². The molecule has 0 bridgehead atoms. The number of furan rings is 1. The summed E-state index contributed by atoms with van der Waals surface area (Å²) in [5, 5.41) is 5.82. The summed E-state index contributed by atoms with van der Waals surface area (Å²) >= 11 is 0. The molecule has 8 nitrogen and oxygen atoms in total. The molecule has 2 N–H and O–H groups in total. The second kappa shape index (κ2) is 10.1. The van der Waals surface area contributed by atoms with E-state index >= 15 is 0 Å². The van der Waals surface area contributed by atoms with Crippen molar-refractivity contribution >= 4 is 21.6 Å². The summed E-state index contributed by atoms with van der Waals surface area (Å²) in [7, 11) is -2.15. The molecule has 1 fully saturated rings. The third-order valence-electron chi connectivity index (χ3n) is 5.19. The van der Waals surface area contributed by atoms with Crippen molar-refractivity contribution in [2.24, 2.45) is 0 Å². The Bertz CT molecular complexity index is 936. The minimum Gasteiger partial charge on any atom is -0.495 e. The minimum atomic E-state index is -3.63. The Morgan fingerprint density at radius 2 is 1.93 bits per heavy atom. The number of hydrogen-bond acceptors (Lipinski definition) is 6. The number of carbonyl (C=O) groups is 1. The number of anilines is 1. The standard InChI is InChI=1S/C21H29N3O5S/c1-16(19-8-7-13-29-19)22-15-21(25)23-18-14-17(9-10-20(18)28-2)30(26,27)24-11-5-3-4-6-12-24/h7-10,13-14,16,22H,3-6,11-12,15H2,1-2H3,(H,23,25)/t16-/m0/s1. The van der Waals surface area contributed by atoms with Crippen LogP contribution in [0, 0.1) is 0 Å². The van der Waals surface area contributed by atoms with E-state index < -0.39 is 10.0 Å². The molecule has 30 heavy (non-hydrogen) atoms. The van der Waals surface area contributed by atoms with E-state index in [2.05, 4.69) is 10.6 Å². The predicted octanol–water partition coefficient (Wildman–Crippen LogP) is 3.14. The number of hydrogen-bond donors (Lipinski definition) is 2. The Morgan fingerprint density at radius 1 is 1.20 bits per heavy atom. The Hall–Kier alpha value is -2.36. The first kappa shape index (κ1) is 22.3. The summed E-state index contributed by atoms with van der Waals surface area (Å²) < 4.78 is 38.3. The van der Waals surface area contributed by atoms with E-state index in [0.717, 1.165) is 31.4 Å². The molecule has 164 valence electrons. The van der Waals surface area contributed by atoms with Crippen molar-refractivity contribution in [1.82, 2.24) is 9.62 Å². The van der Waals surface area contributed by atoms with Gasteiger partial charge < -0.3 is 14.5 Å². The average molecular weight is 436 g/mol. The van der Waals surface area contributed by atoms with Crippen molar-refractivity contribution in [3.05, 3.63) is 42.4 Å². The molecule has 2 aromatic rings. The summed E-state index contributed by atoms with van der Waals surface area (Å²) in [4.78, 5) is 12.6. The van der Waals surface area contributed by atoms with E-state index in [1.807, 2.05) is 13.0 Å². The number of ether oxygens (including phenoxy) is 1. The van der Waals surface area contributed by atoms with Gasteiger partial charge in [-0.1, -0.05) is 12.8 Å². The van der Waals surface area contributed by atoms with Gasteiger partial charge in [0.2, 0.25) is 15.9 Å². The number of methoxy groups -OCH3 is 1. The fraction of sp³-hybridized carbons (Fsp3) is 0.476. The Kier molecular flexibility index (Phi) is 7.52. The largest absolute Gasteiger partial charge is 0.495 e. The third-order valence-corrected chi connectivity index (χ3v) is 7.08. The van der Waals surface area contributed by atoms with Crippen LogP contribution in [0.5, 0.6) is 5.75 Å². The fourth-order valence-corrected chi connectivity index (χ4v) is 5.00. The van der Waals surface area contributed by atoms with Gasteiger partial charge in [0.15, 0.2) is 0 Å². The Balaban J connectivity index is 1.71. The van der Waals surface area contributed by atoms with Crippen molar-refractivity contribution in [1.29, 1.82) is 0 Å². The molecule has 3 rings (SSSR count). The zero-order valence-electron chi connectivity index (χ0n) is 17.4. The highest BCUT2D eigenvalue weighted by Gasteiger charge is 2.26. The van der Waals surface area contributed by atoms with E-state index in [0.29, 0.717) is 24.5 Å². The highest BCUT2D eigenvalue weighted by molar-refractivity contribution is 7.89. The molecule has 0 radical (unpaired) electrons. The highest BCUT2D eigenvalue weighted by atomic mass is 32.2. The molecule has 1 saturated heterocycles. The molecule has 9 heteroatoms. The number of amides is 1. The average Bonchev–Trinajstić information content (AvgIpc) is 3.13. The first-order valence-electron chi connectivity index (χ1n) is 10.2. The number of nitrogens with zero attached hydrogens (tertiary/aromatic N) is 1. The van der Waals surface area contributed by atoms with Gasteiger partial charge in [0.05, 0.1) is 36.5 Å². The van der Waals surface area contributed by atoms with Crippen molar-refractivity contribution in [2.75, 3.05) is 32.1 Å². The van der Waals surface area contributed by atoms with Crippen LogP contribution >= 0.6 is 0 Å². The van der Waals surface area contributed by atoms with Gasteiger partial charge in [-0.25, -0.2) is 8.42 Å². The molecule has 0 spiro atoms. The highest BCUT2D eigenvalue weighted by Crippen LogP contribution is 2.29. The van der Waals surface area contributed by atoms with Gasteiger partial charge in [0.1, 0.15) is 11.5 Å². The smallest absolute Gasteiger partial charge is 0.243 e. The second-order valence-electron chi connectivity index (χ2n) is 7.35. The van der Waals surface area contributed by atoms with Crippen LogP contribution in [0.2, 0.25) is 0 Å². The molecular formula is C21H29N3O5S. The maximum atomic E-state index is 13.1. The van der Waals surface area contributed by atoms with Crippen LogP contribution in [0.3, 0.4) is 0 Å². The molecule has 0 saturated carbocycles. The first-order valence-corrected chi connectivity index (χ1v) is 11.6. The summed E-state index contributed by atoms with van der Waals surface area (Å²) in [5.74, 6) is 0.819. The molecule has 0 aliphatic carbocycles. The molecule has 0 unspecified atom stereocenters. The van der Waals surface area contributed by atoms with Gasteiger partial charge in [-0.15, -0.1) is 0 Å². The Labute approximate surface area is 177 Å². The molecular weight excluding hydrogens is 406 g/mol. The van der Waals surface area contributed by atoms with Crippen LogP contribution in [0.1, 0.15) is 44.4 Å². The third kappa shape index (κ3) is 5.41. The summed E-state index contributed by atoms with van der Waals surface area (Å²) in [6, 6.07) is 8.03. The van der Waals surface area contributed by atoms with Gasteiger partial charge >= 0.3 is 0 Å². The van der Waals surface area contributed by atoms with E-state index in [-0.39, 0.29) is 23.4 Å². The summed E-state index contributed by atoms with van der Waals surface area (Å²) in [6.45, 7) is 2.96. The number of sulfonamides is 1. The second-order valence-corrected chi connectivity index (χ2v) is 9.28. The van der Waals surface area contributed by atoms with Crippen molar-refractivity contribution in [2.45, 2.75) is 43.5 Å². The fourth-order valence-electron chi connectivity index (χ4n) is 3.45. The monoisotopic (exact) mass is 435 g/mol. The van der Waals surface area contributed by atoms with E-state index in [9.17, 15) is 13.2 Å². The molecule has 1 amide bonds. The van der Waals surface area contributed by atoms with Crippen LogP contribution in [0.15, 0.2) is 45.9 Å². The van der Waals surface area contributed by atoms with E-state index in [4.69, 9.17) is 9.15 Å². The maximum Gasteiger partial charge on any atom is 0.243 e. The zero-order chi connectivity index (χ0) is 21.6. The molecule has 1 aliphatic heterocycles. The quantitative estimate of drug-likeness (QED) is 0.661. The lowest BCUT2D eigenvalue weighted by Crippen LogP contribution is -2.32. The molecule has 1 aromatic heterocycles. The number of benzene rings is 1. The van der Waals surface area contributed by atoms with E-state index in [1.54, 1.807) is 18.4 Å². The van der Waals surface area contributed by atoms with Crippen LogP contribution in [-0.4, -0.2) is 45.4 Å². The molecule has 1 aliphatic rings. The van der Waals surface area contributed by atoms with Crippen molar-refractivity contribution in [3.8, 4) is 5.75 Å². The topological polar surface area (TPSA) is 101 Å². The minimum absolute atomic E-state index is 0.0358. The van der Waals surface area contributed by atoms with Crippen LogP contribution < -0.4 is 15.4 Å². The Morgan fingerprint density at radius 3 is 2.57 bits per heavy atom. The number of nitrogens with one attached hydrogen (secondary N) is 2. The van der Waals surface area contributed by atoms with Gasteiger partial charge in [-0.2, -0.15) is 4.31 Å². The number of carbonyl (C=O) groups excluding carboxylic acids is 1. The SMILES string of the molecule is COc1ccc(S(=O)(=O)N2CCCCCC2)cc1NC(=O)CN[C@@H](C)c1ccco1.